The van der Waals surface area contributed by atoms with Gasteiger partial charge in [0, 0.05) is 19.5 Å². The van der Waals surface area contributed by atoms with Gasteiger partial charge in [-0.2, -0.15) is 0 Å². The lowest BCUT2D eigenvalue weighted by Crippen LogP contribution is -1.68. The third kappa shape index (κ3) is 3.67. The lowest BCUT2D eigenvalue weighted by molar-refractivity contribution is 0.399. The fourth-order valence-corrected chi connectivity index (χ4v) is 0.426. The van der Waals surface area contributed by atoms with Crippen molar-refractivity contribution in [2.45, 2.75) is 6.92 Å². The van der Waals surface area contributed by atoms with Crippen molar-refractivity contribution in [1.82, 2.24) is 4.98 Å². The number of aliphatic hydroxyl groups excluding tert-OH is 1. The lowest BCUT2D eigenvalue weighted by Gasteiger charge is -1.82. The second-order valence-electron chi connectivity index (χ2n) is 1.52. The smallest absolute Gasteiger partial charge is 0.0319 e. The van der Waals surface area contributed by atoms with Crippen molar-refractivity contribution >= 4 is 0 Å². The van der Waals surface area contributed by atoms with Crippen LogP contribution in [0, 0.1) is 6.92 Å². The fraction of sp³-hybridized carbons (Fsp3) is 0.286. The molecule has 1 heterocycles. The molecule has 0 aliphatic carbocycles. The summed E-state index contributed by atoms with van der Waals surface area (Å²) >= 11 is 0. The van der Waals surface area contributed by atoms with E-state index in [9.17, 15) is 0 Å². The molecule has 0 spiro atoms. The Labute approximate surface area is 55.2 Å². The summed E-state index contributed by atoms with van der Waals surface area (Å²) in [5.41, 5.74) is 1.26. The Balaban J connectivity index is 0.000000291. The van der Waals surface area contributed by atoms with Crippen molar-refractivity contribution in [2.24, 2.45) is 0 Å². The van der Waals surface area contributed by atoms with Crippen molar-refractivity contribution in [2.75, 3.05) is 7.11 Å². The topological polar surface area (TPSA) is 33.1 Å². The predicted molar refractivity (Wildman–Crippen MR) is 37.1 cm³/mol. The van der Waals surface area contributed by atoms with Crippen LogP contribution in [0.1, 0.15) is 5.56 Å². The Morgan fingerprint density at radius 3 is 1.89 bits per heavy atom. The van der Waals surface area contributed by atoms with Crippen molar-refractivity contribution in [3.8, 4) is 0 Å². The largest absolute Gasteiger partial charge is 0.400 e. The normalized spacial score (nSPS) is 7.44. The molecule has 0 aromatic carbocycles. The van der Waals surface area contributed by atoms with Crippen LogP contribution in [0.4, 0.5) is 0 Å². The van der Waals surface area contributed by atoms with E-state index in [1.54, 1.807) is 12.4 Å². The van der Waals surface area contributed by atoms with E-state index in [2.05, 4.69) is 4.98 Å². The first-order valence-electron chi connectivity index (χ1n) is 2.71. The molecule has 2 nitrogen and oxygen atoms in total. The maximum Gasteiger partial charge on any atom is 0.0319 e. The number of aryl methyl sites for hydroxylation is 1. The van der Waals surface area contributed by atoms with Crippen LogP contribution in [0.25, 0.3) is 0 Å². The minimum atomic E-state index is 1.00. The minimum absolute atomic E-state index is 1.00. The molecule has 0 saturated heterocycles. The van der Waals surface area contributed by atoms with E-state index in [4.69, 9.17) is 5.11 Å². The summed E-state index contributed by atoms with van der Waals surface area (Å²) in [4.78, 5) is 3.85. The summed E-state index contributed by atoms with van der Waals surface area (Å²) in [6, 6.07) is 3.94. The molecule has 0 saturated carbocycles. The zero-order valence-corrected chi connectivity index (χ0v) is 5.70. The number of hydrogen-bond donors (Lipinski definition) is 1. The Morgan fingerprint density at radius 2 is 1.67 bits per heavy atom. The third-order valence-corrected chi connectivity index (χ3v) is 0.847. The maximum absolute atomic E-state index is 7.00. The van der Waals surface area contributed by atoms with Gasteiger partial charge in [0.15, 0.2) is 0 Å². The van der Waals surface area contributed by atoms with Crippen LogP contribution in [0.3, 0.4) is 0 Å². The highest BCUT2D eigenvalue weighted by atomic mass is 16.2. The van der Waals surface area contributed by atoms with E-state index < -0.39 is 0 Å². The number of aliphatic hydroxyl groups is 1. The van der Waals surface area contributed by atoms with Gasteiger partial charge >= 0.3 is 0 Å². The van der Waals surface area contributed by atoms with Crippen LogP contribution < -0.4 is 0 Å². The van der Waals surface area contributed by atoms with Gasteiger partial charge in [-0.15, -0.1) is 0 Å². The van der Waals surface area contributed by atoms with Crippen LogP contribution in [0.15, 0.2) is 24.5 Å². The first-order chi connectivity index (χ1) is 4.39. The molecule has 50 valence electrons. The summed E-state index contributed by atoms with van der Waals surface area (Å²) < 4.78 is 0. The van der Waals surface area contributed by atoms with E-state index in [-0.39, 0.29) is 0 Å². The zero-order valence-electron chi connectivity index (χ0n) is 5.70. The van der Waals surface area contributed by atoms with Gasteiger partial charge in [-0.3, -0.25) is 4.98 Å². The highest BCUT2D eigenvalue weighted by molar-refractivity contribution is 5.05. The summed E-state index contributed by atoms with van der Waals surface area (Å²) in [5, 5.41) is 7.00. The highest BCUT2D eigenvalue weighted by Gasteiger charge is 1.72. The molecule has 0 unspecified atom stereocenters. The molecule has 0 aliphatic rings. The van der Waals surface area contributed by atoms with Crippen molar-refractivity contribution in [3.63, 3.8) is 0 Å². The summed E-state index contributed by atoms with van der Waals surface area (Å²) in [5.74, 6) is 0. The van der Waals surface area contributed by atoms with Gasteiger partial charge in [0.05, 0.1) is 0 Å². The van der Waals surface area contributed by atoms with Gasteiger partial charge in [-0.05, 0) is 24.6 Å². The van der Waals surface area contributed by atoms with Gasteiger partial charge in [-0.25, -0.2) is 0 Å². The van der Waals surface area contributed by atoms with Gasteiger partial charge in [-0.1, -0.05) is 0 Å². The van der Waals surface area contributed by atoms with Gasteiger partial charge in [0.25, 0.3) is 0 Å². The predicted octanol–water partition coefficient (Wildman–Crippen LogP) is 0.999. The quantitative estimate of drug-likeness (QED) is 0.561. The van der Waals surface area contributed by atoms with Crippen LogP contribution in [-0.2, 0) is 0 Å². The van der Waals surface area contributed by atoms with Crippen molar-refractivity contribution in [1.29, 1.82) is 0 Å². The Hall–Kier alpha value is -0.890. The summed E-state index contributed by atoms with van der Waals surface area (Å²) in [6.07, 6.45) is 3.57. The average Bonchev–Trinajstić information content (AvgIpc) is 1.94. The van der Waals surface area contributed by atoms with Gasteiger partial charge in [0.2, 0.25) is 0 Å². The summed E-state index contributed by atoms with van der Waals surface area (Å²) in [7, 11) is 1.00. The fourth-order valence-electron chi connectivity index (χ4n) is 0.426. The zero-order chi connectivity index (χ0) is 7.11. The standard InChI is InChI=1S/C6H7N.CH4O/c1-6-2-4-7-5-3-6;1-2/h2-5H,1H3;2H,1H3. The number of rotatable bonds is 0. The molecule has 0 fully saturated rings. The van der Waals surface area contributed by atoms with Crippen molar-refractivity contribution in [3.05, 3.63) is 30.1 Å². The molecule has 0 atom stereocenters. The van der Waals surface area contributed by atoms with E-state index >= 15 is 0 Å². The molecule has 1 N–H and O–H groups in total. The monoisotopic (exact) mass is 125 g/mol. The third-order valence-electron chi connectivity index (χ3n) is 0.847. The molecule has 1 aromatic heterocycles. The van der Waals surface area contributed by atoms with E-state index in [1.807, 2.05) is 19.1 Å². The SMILES string of the molecule is CO.Cc1ccncc1. The molecule has 9 heavy (non-hydrogen) atoms. The number of nitrogens with zero attached hydrogens (tertiary/aromatic N) is 1. The first kappa shape index (κ1) is 8.11. The van der Waals surface area contributed by atoms with Crippen molar-refractivity contribution < 1.29 is 5.11 Å². The molecular weight excluding hydrogens is 114 g/mol. The molecule has 1 aromatic rings. The minimum Gasteiger partial charge on any atom is -0.400 e. The van der Waals surface area contributed by atoms with Gasteiger partial charge < -0.3 is 5.11 Å². The number of hydrogen-bond acceptors (Lipinski definition) is 2. The second-order valence-corrected chi connectivity index (χ2v) is 1.52. The average molecular weight is 125 g/mol. The molecule has 0 aliphatic heterocycles. The number of pyridine rings is 1. The highest BCUT2D eigenvalue weighted by Crippen LogP contribution is 1.88. The molecule has 1 rings (SSSR count). The Kier molecular flexibility index (Phi) is 4.73. The lowest BCUT2D eigenvalue weighted by atomic mass is 10.3. The number of aromatic nitrogens is 1. The maximum atomic E-state index is 7.00. The van der Waals surface area contributed by atoms with Crippen LogP contribution in [0.5, 0.6) is 0 Å². The summed E-state index contributed by atoms with van der Waals surface area (Å²) in [6.45, 7) is 2.04. The first-order valence-corrected chi connectivity index (χ1v) is 2.71. The molecule has 0 bridgehead atoms. The Bertz CT molecular complexity index is 139. The molecule has 2 heteroatoms. The van der Waals surface area contributed by atoms with E-state index in [1.165, 1.54) is 5.56 Å². The molecular formula is C7H11NO. The second kappa shape index (κ2) is 5.25. The van der Waals surface area contributed by atoms with Crippen LogP contribution in [0.2, 0.25) is 0 Å². The van der Waals surface area contributed by atoms with E-state index in [0.717, 1.165) is 7.11 Å². The van der Waals surface area contributed by atoms with Crippen LogP contribution in [-0.4, -0.2) is 17.2 Å². The molecule has 0 amide bonds. The van der Waals surface area contributed by atoms with Crippen LogP contribution >= 0.6 is 0 Å². The molecule has 0 radical (unpaired) electrons. The Morgan fingerprint density at radius 1 is 1.22 bits per heavy atom. The van der Waals surface area contributed by atoms with Gasteiger partial charge in [0.1, 0.15) is 0 Å². The van der Waals surface area contributed by atoms with E-state index in [0.29, 0.717) is 0 Å².